The van der Waals surface area contributed by atoms with Crippen LogP contribution in [0.1, 0.15) is 10.4 Å². The van der Waals surface area contributed by atoms with Gasteiger partial charge in [-0.25, -0.2) is 4.98 Å². The summed E-state index contributed by atoms with van der Waals surface area (Å²) in [5.41, 5.74) is 3.55. The number of carbonyl (C=O) groups excluding carboxylic acids is 1. The van der Waals surface area contributed by atoms with Crippen molar-refractivity contribution in [1.29, 1.82) is 0 Å². The van der Waals surface area contributed by atoms with Gasteiger partial charge in [-0.1, -0.05) is 36.4 Å². The van der Waals surface area contributed by atoms with Gasteiger partial charge in [0.25, 0.3) is 5.91 Å². The zero-order valence-electron chi connectivity index (χ0n) is 16.6. The van der Waals surface area contributed by atoms with Crippen LogP contribution in [0.15, 0.2) is 89.3 Å². The predicted octanol–water partition coefficient (Wildman–Crippen LogP) is 6.38. The molecule has 0 fully saturated rings. The molecule has 0 aliphatic rings. The highest BCUT2D eigenvalue weighted by molar-refractivity contribution is 14.1. The van der Waals surface area contributed by atoms with Gasteiger partial charge in [0.1, 0.15) is 5.52 Å². The first-order chi connectivity index (χ1) is 15.5. The van der Waals surface area contributed by atoms with E-state index in [1.165, 1.54) is 0 Å². The third kappa shape index (κ3) is 4.35. The molecule has 0 aliphatic heterocycles. The van der Waals surface area contributed by atoms with Gasteiger partial charge in [0.15, 0.2) is 10.7 Å². The van der Waals surface area contributed by atoms with Crippen molar-refractivity contribution < 1.29 is 9.21 Å². The van der Waals surface area contributed by atoms with E-state index < -0.39 is 0 Å². The monoisotopic (exact) mass is 549 g/mol. The van der Waals surface area contributed by atoms with E-state index in [1.807, 2.05) is 78.9 Å². The Labute approximate surface area is 203 Å². The molecule has 5 rings (SSSR count). The second kappa shape index (κ2) is 8.68. The van der Waals surface area contributed by atoms with Crippen molar-refractivity contribution in [2.24, 2.45) is 0 Å². The first-order valence-corrected chi connectivity index (χ1v) is 11.3. The molecule has 0 saturated heterocycles. The number of benzene rings is 4. The zero-order chi connectivity index (χ0) is 22.1. The summed E-state index contributed by atoms with van der Waals surface area (Å²) in [6.07, 6.45) is 0. The summed E-state index contributed by atoms with van der Waals surface area (Å²) in [6.45, 7) is 0. The number of thiocarbonyl (C=S) groups is 1. The number of hydrogen-bond acceptors (Lipinski definition) is 4. The van der Waals surface area contributed by atoms with E-state index in [-0.39, 0.29) is 11.0 Å². The Hall–Kier alpha value is -3.30. The SMILES string of the molecule is O=C(NC(=S)Nc1ccc2oc(-c3cccc(I)c3)nc2c1)c1ccc2ccccc2c1. The molecule has 0 bridgehead atoms. The maximum Gasteiger partial charge on any atom is 0.257 e. The van der Waals surface area contributed by atoms with Crippen molar-refractivity contribution in [2.75, 3.05) is 5.32 Å². The fraction of sp³-hybridized carbons (Fsp3) is 0. The standard InChI is InChI=1S/C25H16IN3O2S/c26-19-7-3-6-18(13-19)24-28-21-14-20(10-11-22(21)31-24)27-25(32)29-23(30)17-9-8-15-4-1-2-5-16(15)12-17/h1-14H,(H2,27,29,30,32). The largest absolute Gasteiger partial charge is 0.436 e. The van der Waals surface area contributed by atoms with Gasteiger partial charge in [-0.2, -0.15) is 0 Å². The summed E-state index contributed by atoms with van der Waals surface area (Å²) in [4.78, 5) is 17.2. The Kier molecular flexibility index (Phi) is 5.59. The van der Waals surface area contributed by atoms with E-state index in [1.54, 1.807) is 6.07 Å². The highest BCUT2D eigenvalue weighted by atomic mass is 127. The molecule has 5 nitrogen and oxygen atoms in total. The van der Waals surface area contributed by atoms with Crippen molar-refractivity contribution in [3.63, 3.8) is 0 Å². The van der Waals surface area contributed by atoms with Crippen molar-refractivity contribution in [2.45, 2.75) is 0 Å². The number of halogens is 1. The predicted molar refractivity (Wildman–Crippen MR) is 140 cm³/mol. The number of carbonyl (C=O) groups is 1. The second-order valence-corrected chi connectivity index (χ2v) is 8.84. The molecular weight excluding hydrogens is 533 g/mol. The Morgan fingerprint density at radius 1 is 0.906 bits per heavy atom. The third-order valence-electron chi connectivity index (χ3n) is 4.96. The molecule has 7 heteroatoms. The molecule has 0 saturated carbocycles. The second-order valence-electron chi connectivity index (χ2n) is 7.18. The first kappa shape index (κ1) is 20.6. The lowest BCUT2D eigenvalue weighted by atomic mass is 10.1. The van der Waals surface area contributed by atoms with Gasteiger partial charge in [0, 0.05) is 20.4 Å². The molecule has 1 aromatic heterocycles. The highest BCUT2D eigenvalue weighted by Crippen LogP contribution is 2.27. The maximum atomic E-state index is 12.6. The lowest BCUT2D eigenvalue weighted by molar-refractivity contribution is 0.0978. The van der Waals surface area contributed by atoms with E-state index in [0.29, 0.717) is 28.2 Å². The first-order valence-electron chi connectivity index (χ1n) is 9.83. The Balaban J connectivity index is 1.31. The summed E-state index contributed by atoms with van der Waals surface area (Å²) in [5, 5.41) is 8.07. The van der Waals surface area contributed by atoms with Crippen LogP contribution < -0.4 is 10.6 Å². The molecule has 0 atom stereocenters. The van der Waals surface area contributed by atoms with Crippen LogP contribution in [0, 0.1) is 3.57 Å². The van der Waals surface area contributed by atoms with Gasteiger partial charge >= 0.3 is 0 Å². The summed E-state index contributed by atoms with van der Waals surface area (Å²) < 4.78 is 6.99. The van der Waals surface area contributed by atoms with Crippen LogP contribution in [0.25, 0.3) is 33.3 Å². The third-order valence-corrected chi connectivity index (χ3v) is 5.83. The Morgan fingerprint density at radius 3 is 2.59 bits per heavy atom. The summed E-state index contributed by atoms with van der Waals surface area (Å²) in [5.74, 6) is 0.291. The van der Waals surface area contributed by atoms with Gasteiger partial charge in [-0.15, -0.1) is 0 Å². The molecule has 0 unspecified atom stereocenters. The minimum Gasteiger partial charge on any atom is -0.436 e. The number of aromatic nitrogens is 1. The lowest BCUT2D eigenvalue weighted by Gasteiger charge is -2.10. The molecule has 0 aliphatic carbocycles. The van der Waals surface area contributed by atoms with Crippen molar-refractivity contribution >= 4 is 73.4 Å². The van der Waals surface area contributed by atoms with E-state index >= 15 is 0 Å². The molecule has 2 N–H and O–H groups in total. The van der Waals surface area contributed by atoms with Crippen LogP contribution in [0.4, 0.5) is 5.69 Å². The Bertz CT molecular complexity index is 1500. The number of oxazole rings is 1. The maximum absolute atomic E-state index is 12.6. The van der Waals surface area contributed by atoms with Crippen LogP contribution >= 0.6 is 34.8 Å². The minimum atomic E-state index is -0.267. The summed E-state index contributed by atoms with van der Waals surface area (Å²) in [6, 6.07) is 26.9. The quantitative estimate of drug-likeness (QED) is 0.202. The molecule has 1 amide bonds. The number of nitrogens with one attached hydrogen (secondary N) is 2. The fourth-order valence-corrected chi connectivity index (χ4v) is 4.17. The number of nitrogens with zero attached hydrogens (tertiary/aromatic N) is 1. The topological polar surface area (TPSA) is 67.2 Å². The highest BCUT2D eigenvalue weighted by Gasteiger charge is 2.12. The minimum absolute atomic E-state index is 0.212. The number of fused-ring (bicyclic) bond motifs is 2. The van der Waals surface area contributed by atoms with Crippen LogP contribution in [0.2, 0.25) is 0 Å². The van der Waals surface area contributed by atoms with E-state index in [9.17, 15) is 4.79 Å². The van der Waals surface area contributed by atoms with E-state index in [0.717, 1.165) is 19.9 Å². The molecule has 4 aromatic carbocycles. The van der Waals surface area contributed by atoms with Crippen molar-refractivity contribution in [1.82, 2.24) is 10.3 Å². The number of rotatable bonds is 3. The molecule has 1 heterocycles. The molecular formula is C25H16IN3O2S. The average molecular weight is 549 g/mol. The average Bonchev–Trinajstić information content (AvgIpc) is 3.22. The lowest BCUT2D eigenvalue weighted by Crippen LogP contribution is -2.34. The van der Waals surface area contributed by atoms with Gasteiger partial charge < -0.3 is 9.73 Å². The fourth-order valence-electron chi connectivity index (χ4n) is 3.42. The van der Waals surface area contributed by atoms with Crippen LogP contribution in [-0.2, 0) is 0 Å². The molecule has 156 valence electrons. The zero-order valence-corrected chi connectivity index (χ0v) is 19.6. The smallest absolute Gasteiger partial charge is 0.257 e. The van der Waals surface area contributed by atoms with Gasteiger partial charge in [0.05, 0.1) is 0 Å². The molecule has 0 spiro atoms. The van der Waals surface area contributed by atoms with Gasteiger partial charge in [-0.05, 0) is 94.1 Å². The van der Waals surface area contributed by atoms with E-state index in [2.05, 4.69) is 38.2 Å². The molecule has 32 heavy (non-hydrogen) atoms. The van der Waals surface area contributed by atoms with Crippen LogP contribution in [0.3, 0.4) is 0 Å². The van der Waals surface area contributed by atoms with Crippen LogP contribution in [0.5, 0.6) is 0 Å². The van der Waals surface area contributed by atoms with Crippen molar-refractivity contribution in [3.8, 4) is 11.5 Å². The summed E-state index contributed by atoms with van der Waals surface area (Å²) in [7, 11) is 0. The normalized spacial score (nSPS) is 10.9. The van der Waals surface area contributed by atoms with Crippen LogP contribution in [-0.4, -0.2) is 16.0 Å². The summed E-state index contributed by atoms with van der Waals surface area (Å²) >= 11 is 7.60. The molecule has 0 radical (unpaired) electrons. The molecule has 5 aromatic rings. The Morgan fingerprint density at radius 2 is 1.75 bits per heavy atom. The number of hydrogen-bond donors (Lipinski definition) is 2. The van der Waals surface area contributed by atoms with Crippen molar-refractivity contribution in [3.05, 3.63) is 94.1 Å². The number of amides is 1. The van der Waals surface area contributed by atoms with Gasteiger partial charge in [-0.3, -0.25) is 10.1 Å². The van der Waals surface area contributed by atoms with Gasteiger partial charge in [0.2, 0.25) is 5.89 Å². The number of anilines is 1. The van der Waals surface area contributed by atoms with E-state index in [4.69, 9.17) is 16.6 Å².